The molecule has 2 aromatic rings. The molecule has 0 unspecified atom stereocenters. The molecule has 0 aliphatic heterocycles. The molecule has 6 nitrogen and oxygen atoms in total. The molecule has 2 N–H and O–H groups in total. The van der Waals surface area contributed by atoms with Gasteiger partial charge in [-0.15, -0.1) is 11.3 Å². The molecule has 0 atom stereocenters. The molecule has 2 rings (SSSR count). The van der Waals surface area contributed by atoms with Gasteiger partial charge in [-0.05, 0) is 31.2 Å². The van der Waals surface area contributed by atoms with Crippen molar-refractivity contribution in [3.8, 4) is 0 Å². The first-order valence-electron chi connectivity index (χ1n) is 6.12. The van der Waals surface area contributed by atoms with E-state index in [1.807, 2.05) is 0 Å². The van der Waals surface area contributed by atoms with Crippen molar-refractivity contribution in [1.29, 1.82) is 0 Å². The smallest absolute Gasteiger partial charge is 0.328 e. The summed E-state index contributed by atoms with van der Waals surface area (Å²) in [5, 5.41) is 11.3. The van der Waals surface area contributed by atoms with Crippen molar-refractivity contribution in [3.05, 3.63) is 51.7 Å². The third kappa shape index (κ3) is 4.50. The van der Waals surface area contributed by atoms with Crippen LogP contribution in [0.2, 0.25) is 0 Å². The number of aromatic nitrogens is 2. The molecule has 0 spiro atoms. The van der Waals surface area contributed by atoms with Gasteiger partial charge in [-0.1, -0.05) is 0 Å². The van der Waals surface area contributed by atoms with Crippen LogP contribution in [0.3, 0.4) is 0 Å². The van der Waals surface area contributed by atoms with Crippen LogP contribution < -0.4 is 5.32 Å². The zero-order chi connectivity index (χ0) is 15.2. The van der Waals surface area contributed by atoms with E-state index in [0.29, 0.717) is 22.1 Å². The number of aryl methyl sites for hydroxylation is 1. The number of carboxylic acid groups (broad SMARTS) is 1. The van der Waals surface area contributed by atoms with Crippen LogP contribution in [0.25, 0.3) is 6.08 Å². The highest BCUT2D eigenvalue weighted by atomic mass is 32.1. The molecule has 1 amide bonds. The molecule has 0 saturated heterocycles. The Balaban J connectivity index is 1.96. The van der Waals surface area contributed by atoms with Crippen molar-refractivity contribution in [3.63, 3.8) is 0 Å². The van der Waals surface area contributed by atoms with Gasteiger partial charge in [-0.25, -0.2) is 14.8 Å². The van der Waals surface area contributed by atoms with Crippen LogP contribution in [0.5, 0.6) is 0 Å². The molecule has 0 radical (unpaired) electrons. The minimum atomic E-state index is -1.02. The fourth-order valence-corrected chi connectivity index (χ4v) is 2.41. The Labute approximate surface area is 125 Å². The van der Waals surface area contributed by atoms with Gasteiger partial charge in [0.1, 0.15) is 5.82 Å². The first-order valence-corrected chi connectivity index (χ1v) is 6.94. The molecule has 0 aliphatic carbocycles. The summed E-state index contributed by atoms with van der Waals surface area (Å²) in [5.41, 5.74) is 0.735. The summed E-state index contributed by atoms with van der Waals surface area (Å²) in [6.45, 7) is 2.10. The van der Waals surface area contributed by atoms with Crippen LogP contribution in [0.1, 0.15) is 26.1 Å². The molecule has 0 aromatic carbocycles. The molecular formula is C14H13N3O3S. The summed E-state index contributed by atoms with van der Waals surface area (Å²) in [6, 6.07) is 5.10. The van der Waals surface area contributed by atoms with Crippen molar-refractivity contribution in [2.75, 3.05) is 0 Å². The van der Waals surface area contributed by atoms with Gasteiger partial charge in [-0.2, -0.15) is 0 Å². The molecule has 2 aromatic heterocycles. The molecule has 0 saturated carbocycles. The molecule has 2 heterocycles. The molecule has 0 aliphatic rings. The van der Waals surface area contributed by atoms with E-state index in [2.05, 4.69) is 15.3 Å². The number of hydrogen-bond donors (Lipinski definition) is 2. The predicted molar refractivity (Wildman–Crippen MR) is 78.9 cm³/mol. The Kier molecular flexibility index (Phi) is 4.78. The topological polar surface area (TPSA) is 92.2 Å². The second kappa shape index (κ2) is 6.76. The predicted octanol–water partition coefficient (Wildman–Crippen LogP) is 1.87. The van der Waals surface area contributed by atoms with Gasteiger partial charge < -0.3 is 10.4 Å². The molecule has 21 heavy (non-hydrogen) atoms. The Morgan fingerprint density at radius 1 is 1.38 bits per heavy atom. The Hall–Kier alpha value is -2.54. The van der Waals surface area contributed by atoms with Gasteiger partial charge >= 0.3 is 5.97 Å². The zero-order valence-corrected chi connectivity index (χ0v) is 12.1. The average molecular weight is 303 g/mol. The highest BCUT2D eigenvalue weighted by Crippen LogP contribution is 2.17. The molecule has 0 bridgehead atoms. The highest BCUT2D eigenvalue weighted by Gasteiger charge is 2.08. The summed E-state index contributed by atoms with van der Waals surface area (Å²) in [6.07, 6.45) is 4.14. The van der Waals surface area contributed by atoms with Crippen molar-refractivity contribution < 1.29 is 14.7 Å². The van der Waals surface area contributed by atoms with E-state index >= 15 is 0 Å². The van der Waals surface area contributed by atoms with Crippen LogP contribution in [0.4, 0.5) is 0 Å². The van der Waals surface area contributed by atoms with Crippen molar-refractivity contribution >= 4 is 29.3 Å². The lowest BCUT2D eigenvalue weighted by Crippen LogP contribution is -2.22. The maximum atomic E-state index is 12.0. The Morgan fingerprint density at radius 2 is 2.19 bits per heavy atom. The third-order valence-corrected chi connectivity index (χ3v) is 3.55. The largest absolute Gasteiger partial charge is 0.478 e. The maximum Gasteiger partial charge on any atom is 0.328 e. The standard InChI is InChI=1S/C14H13N3O3S/c1-9-15-7-6-10(17-9)8-16-14(20)12-4-2-11(21-12)3-5-13(18)19/h2-7H,8H2,1H3,(H,16,20)(H,18,19). The number of nitrogens with one attached hydrogen (secondary N) is 1. The monoisotopic (exact) mass is 303 g/mol. The minimum Gasteiger partial charge on any atom is -0.478 e. The van der Waals surface area contributed by atoms with E-state index in [9.17, 15) is 9.59 Å². The number of thiophene rings is 1. The average Bonchev–Trinajstić information content (AvgIpc) is 2.91. The van der Waals surface area contributed by atoms with Gasteiger partial charge in [0.25, 0.3) is 5.91 Å². The van der Waals surface area contributed by atoms with E-state index < -0.39 is 5.97 Å². The number of carbonyl (C=O) groups is 2. The van der Waals surface area contributed by atoms with Crippen LogP contribution in [-0.4, -0.2) is 27.0 Å². The number of hydrogen-bond acceptors (Lipinski definition) is 5. The summed E-state index contributed by atoms with van der Waals surface area (Å²) in [4.78, 5) is 31.8. The third-order valence-electron chi connectivity index (χ3n) is 2.50. The highest BCUT2D eigenvalue weighted by molar-refractivity contribution is 7.14. The van der Waals surface area contributed by atoms with E-state index in [4.69, 9.17) is 5.11 Å². The SMILES string of the molecule is Cc1nccc(CNC(=O)c2ccc(C=CC(=O)O)s2)n1. The second-order valence-corrected chi connectivity index (χ2v) is 5.27. The summed E-state index contributed by atoms with van der Waals surface area (Å²) in [5.74, 6) is -0.585. The molecule has 7 heteroatoms. The number of rotatable bonds is 5. The fourth-order valence-electron chi connectivity index (χ4n) is 1.58. The summed E-state index contributed by atoms with van der Waals surface area (Å²) in [7, 11) is 0. The fraction of sp³-hybridized carbons (Fsp3) is 0.143. The molecule has 108 valence electrons. The number of carboxylic acids is 1. The van der Waals surface area contributed by atoms with Crippen LogP contribution in [0.15, 0.2) is 30.5 Å². The van der Waals surface area contributed by atoms with Crippen LogP contribution >= 0.6 is 11.3 Å². The van der Waals surface area contributed by atoms with Gasteiger partial charge in [-0.3, -0.25) is 4.79 Å². The second-order valence-electron chi connectivity index (χ2n) is 4.15. The lowest BCUT2D eigenvalue weighted by molar-refractivity contribution is -0.131. The van der Waals surface area contributed by atoms with Gasteiger partial charge in [0.2, 0.25) is 0 Å². The quantitative estimate of drug-likeness (QED) is 0.823. The maximum absolute atomic E-state index is 12.0. The van der Waals surface area contributed by atoms with Crippen LogP contribution in [0, 0.1) is 6.92 Å². The number of carbonyl (C=O) groups excluding carboxylic acids is 1. The normalized spacial score (nSPS) is 10.7. The lowest BCUT2D eigenvalue weighted by Gasteiger charge is -2.03. The van der Waals surface area contributed by atoms with Gasteiger partial charge in [0, 0.05) is 17.2 Å². The van der Waals surface area contributed by atoms with E-state index in [0.717, 1.165) is 11.8 Å². The molecule has 0 fully saturated rings. The van der Waals surface area contributed by atoms with E-state index in [1.165, 1.54) is 17.4 Å². The van der Waals surface area contributed by atoms with Crippen molar-refractivity contribution in [2.24, 2.45) is 0 Å². The number of amides is 1. The zero-order valence-electron chi connectivity index (χ0n) is 11.2. The van der Waals surface area contributed by atoms with Crippen molar-refractivity contribution in [1.82, 2.24) is 15.3 Å². The first-order chi connectivity index (χ1) is 10.0. The summed E-state index contributed by atoms with van der Waals surface area (Å²) < 4.78 is 0. The van der Waals surface area contributed by atoms with E-state index in [-0.39, 0.29) is 5.91 Å². The van der Waals surface area contributed by atoms with E-state index in [1.54, 1.807) is 31.3 Å². The first kappa shape index (κ1) is 14.9. The lowest BCUT2D eigenvalue weighted by atomic mass is 10.3. The van der Waals surface area contributed by atoms with Gasteiger partial charge in [0.15, 0.2) is 0 Å². The van der Waals surface area contributed by atoms with Crippen molar-refractivity contribution in [2.45, 2.75) is 13.5 Å². The van der Waals surface area contributed by atoms with Crippen LogP contribution in [-0.2, 0) is 11.3 Å². The van der Waals surface area contributed by atoms with Gasteiger partial charge in [0.05, 0.1) is 17.1 Å². The Morgan fingerprint density at radius 3 is 2.90 bits per heavy atom. The Bertz CT molecular complexity index is 694. The number of aliphatic carboxylic acids is 1. The molecular weight excluding hydrogens is 290 g/mol. The summed E-state index contributed by atoms with van der Waals surface area (Å²) >= 11 is 1.23. The minimum absolute atomic E-state index is 0.216. The number of nitrogens with zero attached hydrogens (tertiary/aromatic N) is 2.